The number of aliphatic hydroxyl groups excluding tert-OH is 2. The van der Waals surface area contributed by atoms with Gasteiger partial charge in [0, 0.05) is 26.4 Å². The molecule has 9 atom stereocenters. The summed E-state index contributed by atoms with van der Waals surface area (Å²) >= 11 is 0. The fourth-order valence-electron chi connectivity index (χ4n) is 3.27. The maximum atomic E-state index is 11.4. The first-order valence-corrected chi connectivity index (χ1v) is 10.2. The Morgan fingerprint density at radius 1 is 1.13 bits per heavy atom. The third-order valence-corrected chi connectivity index (χ3v) is 5.12. The second kappa shape index (κ2) is 9.80. The SMILES string of the molecule is COC1OC(OS(=O)(=O)O)C(OC2OC(C(=O)[O-])C(C)C(O)C2O)CC1NC(C)=O. The van der Waals surface area contributed by atoms with Crippen LogP contribution in [-0.2, 0) is 43.1 Å². The van der Waals surface area contributed by atoms with Gasteiger partial charge >= 0.3 is 10.4 Å². The molecule has 0 radical (unpaired) electrons. The molecule has 2 aliphatic rings. The average molecular weight is 458 g/mol. The molecular formula is C15H24NO13S-. The lowest BCUT2D eigenvalue weighted by Crippen LogP contribution is -2.62. The zero-order chi connectivity index (χ0) is 22.8. The summed E-state index contributed by atoms with van der Waals surface area (Å²) in [4.78, 5) is 22.7. The van der Waals surface area contributed by atoms with Crippen molar-refractivity contribution in [2.45, 2.75) is 69.6 Å². The van der Waals surface area contributed by atoms with Gasteiger partial charge in [-0.1, -0.05) is 6.92 Å². The van der Waals surface area contributed by atoms with Crippen molar-refractivity contribution in [1.82, 2.24) is 5.32 Å². The Morgan fingerprint density at radius 3 is 2.27 bits per heavy atom. The second-order valence-electron chi connectivity index (χ2n) is 6.93. The molecule has 0 spiro atoms. The van der Waals surface area contributed by atoms with Gasteiger partial charge in [0.25, 0.3) is 0 Å². The van der Waals surface area contributed by atoms with Crippen LogP contribution in [0.3, 0.4) is 0 Å². The summed E-state index contributed by atoms with van der Waals surface area (Å²) in [5.74, 6) is -3.18. The van der Waals surface area contributed by atoms with Gasteiger partial charge in [0.05, 0.1) is 18.1 Å². The summed E-state index contributed by atoms with van der Waals surface area (Å²) < 4.78 is 56.7. The summed E-state index contributed by atoms with van der Waals surface area (Å²) in [6, 6.07) is -0.875. The van der Waals surface area contributed by atoms with Crippen molar-refractivity contribution in [2.24, 2.45) is 5.92 Å². The van der Waals surface area contributed by atoms with E-state index in [2.05, 4.69) is 9.50 Å². The van der Waals surface area contributed by atoms with E-state index in [1.807, 2.05) is 0 Å². The van der Waals surface area contributed by atoms with E-state index in [4.69, 9.17) is 23.5 Å². The topological polar surface area (TPSA) is 210 Å². The van der Waals surface area contributed by atoms with E-state index in [0.717, 1.165) is 0 Å². The van der Waals surface area contributed by atoms with Crippen molar-refractivity contribution in [3.8, 4) is 0 Å². The number of carboxylic acids is 1. The van der Waals surface area contributed by atoms with E-state index in [1.165, 1.54) is 21.0 Å². The van der Waals surface area contributed by atoms with Crippen molar-refractivity contribution in [1.29, 1.82) is 0 Å². The van der Waals surface area contributed by atoms with Crippen LogP contribution in [0, 0.1) is 5.92 Å². The van der Waals surface area contributed by atoms with Crippen LogP contribution in [0.4, 0.5) is 0 Å². The highest BCUT2D eigenvalue weighted by Gasteiger charge is 2.48. The maximum Gasteiger partial charge on any atom is 0.399 e. The van der Waals surface area contributed by atoms with Crippen LogP contribution in [0.2, 0.25) is 0 Å². The Kier molecular flexibility index (Phi) is 8.11. The number of aliphatic carboxylic acids is 1. The highest BCUT2D eigenvalue weighted by atomic mass is 32.3. The zero-order valence-electron chi connectivity index (χ0n) is 16.2. The molecule has 0 aromatic rings. The maximum absolute atomic E-state index is 11.4. The lowest BCUT2D eigenvalue weighted by molar-refractivity contribution is -0.362. The van der Waals surface area contributed by atoms with Crippen LogP contribution >= 0.6 is 0 Å². The second-order valence-corrected chi connectivity index (χ2v) is 7.98. The molecule has 2 fully saturated rings. The van der Waals surface area contributed by atoms with Crippen molar-refractivity contribution >= 4 is 22.3 Å². The van der Waals surface area contributed by atoms with Gasteiger partial charge in [-0.15, -0.1) is 0 Å². The fourth-order valence-corrected chi connectivity index (χ4v) is 3.68. The van der Waals surface area contributed by atoms with Gasteiger partial charge in [0.2, 0.25) is 12.2 Å². The number of carbonyl (C=O) groups is 2. The largest absolute Gasteiger partial charge is 0.547 e. The van der Waals surface area contributed by atoms with E-state index in [0.29, 0.717) is 0 Å². The number of hydrogen-bond acceptors (Lipinski definition) is 12. The van der Waals surface area contributed by atoms with Crippen LogP contribution < -0.4 is 10.4 Å². The van der Waals surface area contributed by atoms with Crippen molar-refractivity contribution in [3.63, 3.8) is 0 Å². The zero-order valence-corrected chi connectivity index (χ0v) is 17.1. The Bertz CT molecular complexity index is 730. The van der Waals surface area contributed by atoms with E-state index in [1.54, 1.807) is 0 Å². The molecule has 4 N–H and O–H groups in total. The molecular weight excluding hydrogens is 434 g/mol. The molecule has 30 heavy (non-hydrogen) atoms. The summed E-state index contributed by atoms with van der Waals surface area (Å²) in [6.07, 6.45) is -11.3. The predicted molar refractivity (Wildman–Crippen MR) is 90.2 cm³/mol. The number of ether oxygens (including phenoxy) is 4. The van der Waals surface area contributed by atoms with Crippen LogP contribution in [-0.4, -0.2) is 91.5 Å². The van der Waals surface area contributed by atoms with Gasteiger partial charge in [-0.05, 0) is 0 Å². The summed E-state index contributed by atoms with van der Waals surface area (Å²) in [7, 11) is -3.82. The molecule has 2 rings (SSSR count). The Hall–Kier alpha value is -1.43. The molecule has 15 heteroatoms. The van der Waals surface area contributed by atoms with Crippen LogP contribution in [0.15, 0.2) is 0 Å². The molecule has 9 unspecified atom stereocenters. The molecule has 2 heterocycles. The normalized spacial score (nSPS) is 40.0. The average Bonchev–Trinajstić information content (AvgIpc) is 2.62. The molecule has 0 bridgehead atoms. The van der Waals surface area contributed by atoms with Gasteiger partial charge < -0.3 is 44.4 Å². The van der Waals surface area contributed by atoms with Crippen LogP contribution in [0.25, 0.3) is 0 Å². The van der Waals surface area contributed by atoms with Gasteiger partial charge in [0.1, 0.15) is 18.3 Å². The first-order valence-electron chi connectivity index (χ1n) is 8.83. The van der Waals surface area contributed by atoms with Crippen LogP contribution in [0.5, 0.6) is 0 Å². The van der Waals surface area contributed by atoms with Crippen molar-refractivity contribution < 1.29 is 61.0 Å². The third kappa shape index (κ3) is 6.05. The van der Waals surface area contributed by atoms with Crippen molar-refractivity contribution in [2.75, 3.05) is 7.11 Å². The minimum Gasteiger partial charge on any atom is -0.547 e. The molecule has 1 amide bonds. The number of hydrogen-bond donors (Lipinski definition) is 4. The van der Waals surface area contributed by atoms with E-state index < -0.39 is 77.5 Å². The monoisotopic (exact) mass is 458 g/mol. The van der Waals surface area contributed by atoms with Gasteiger partial charge in [0.15, 0.2) is 12.6 Å². The molecule has 0 saturated carbocycles. The minimum atomic E-state index is -5.03. The molecule has 174 valence electrons. The standard InChI is InChI=1S/C15H25NO13S/c1-5-9(18)10(19)15(27-11(5)12(20)21)26-8-4-7(16-6(2)17)13(25-3)28-14(8)29-30(22,23)24/h5,7-11,13-15,18-19H,4H2,1-3H3,(H,16,17)(H,20,21)(H,22,23,24)/p-1. The first kappa shape index (κ1) is 24.8. The summed E-state index contributed by atoms with van der Waals surface area (Å²) in [6.45, 7) is 2.52. The lowest BCUT2D eigenvalue weighted by atomic mass is 9.90. The van der Waals surface area contributed by atoms with E-state index in [9.17, 15) is 33.3 Å². The molecule has 0 aromatic carbocycles. The Balaban J connectivity index is 2.26. The van der Waals surface area contributed by atoms with Crippen molar-refractivity contribution in [3.05, 3.63) is 0 Å². The van der Waals surface area contributed by atoms with Crippen LogP contribution in [0.1, 0.15) is 20.3 Å². The van der Waals surface area contributed by atoms with E-state index in [-0.39, 0.29) is 6.42 Å². The number of amides is 1. The van der Waals surface area contributed by atoms with E-state index >= 15 is 0 Å². The lowest BCUT2D eigenvalue weighted by Gasteiger charge is -2.45. The predicted octanol–water partition coefficient (Wildman–Crippen LogP) is -3.75. The van der Waals surface area contributed by atoms with Gasteiger partial charge in [-0.25, -0.2) is 4.18 Å². The van der Waals surface area contributed by atoms with Gasteiger partial charge in [-0.2, -0.15) is 8.42 Å². The Labute approximate surface area is 171 Å². The highest BCUT2D eigenvalue weighted by molar-refractivity contribution is 7.80. The molecule has 2 aliphatic heterocycles. The number of methoxy groups -OCH3 is 1. The molecule has 0 aliphatic carbocycles. The molecule has 0 aromatic heterocycles. The third-order valence-electron chi connectivity index (χ3n) is 4.69. The fraction of sp³-hybridized carbons (Fsp3) is 0.867. The smallest absolute Gasteiger partial charge is 0.399 e. The number of rotatable bonds is 7. The minimum absolute atomic E-state index is 0.216. The number of nitrogens with one attached hydrogen (secondary N) is 1. The number of carboxylic acid groups (broad SMARTS) is 1. The summed E-state index contributed by atoms with van der Waals surface area (Å²) in [5, 5.41) is 34.0. The quantitative estimate of drug-likeness (QED) is 0.270. The Morgan fingerprint density at radius 2 is 1.77 bits per heavy atom. The number of carbonyl (C=O) groups excluding carboxylic acids is 2. The first-order chi connectivity index (χ1) is 13.8. The molecule has 2 saturated heterocycles. The van der Waals surface area contributed by atoms with Gasteiger partial charge in [-0.3, -0.25) is 9.35 Å². The summed E-state index contributed by atoms with van der Waals surface area (Å²) in [5.41, 5.74) is 0. The number of aliphatic hydroxyl groups is 2. The molecule has 14 nitrogen and oxygen atoms in total. The highest BCUT2D eigenvalue weighted by Crippen LogP contribution is 2.31.